The number of rotatable bonds is 2. The third-order valence-electron chi connectivity index (χ3n) is 5.36. The molecule has 0 aliphatic carbocycles. The minimum Gasteiger partial charge on any atom is -0.467 e. The van der Waals surface area contributed by atoms with Gasteiger partial charge < -0.3 is 84.9 Å². The molecule has 0 saturated carbocycles. The van der Waals surface area contributed by atoms with Gasteiger partial charge in [-0.2, -0.15) is 0 Å². The monoisotopic (exact) mass is 639 g/mol. The second-order valence-corrected chi connectivity index (χ2v) is 9.59. The van der Waals surface area contributed by atoms with E-state index in [9.17, 15) is 9.59 Å². The summed E-state index contributed by atoms with van der Waals surface area (Å²) in [5.74, 6) is -0.473. The number of methoxy groups -OCH3 is 2. The van der Waals surface area contributed by atoms with Crippen molar-refractivity contribution in [2.45, 2.75) is 37.8 Å². The maximum atomic E-state index is 11.2. The number of carbonyl (C=O) groups excluding carboxylic acids is 2. The fourth-order valence-electron chi connectivity index (χ4n) is 3.64. The van der Waals surface area contributed by atoms with Gasteiger partial charge in [0.05, 0.1) is 14.2 Å². The van der Waals surface area contributed by atoms with E-state index >= 15 is 0 Å². The van der Waals surface area contributed by atoms with E-state index < -0.39 is 0 Å². The summed E-state index contributed by atoms with van der Waals surface area (Å²) in [5.41, 5.74) is 0. The normalized spacial score (nSPS) is 22.2. The molecule has 3 rings (SSSR count). The Morgan fingerprint density at radius 2 is 1.03 bits per heavy atom. The van der Waals surface area contributed by atoms with E-state index in [0.717, 1.165) is 78.0 Å². The largest absolute Gasteiger partial charge is 3.00 e. The van der Waals surface area contributed by atoms with Crippen LogP contribution in [-0.4, -0.2) is 109 Å². The zero-order valence-corrected chi connectivity index (χ0v) is 24.7. The van der Waals surface area contributed by atoms with Crippen LogP contribution in [0, 0.1) is 0 Å². The van der Waals surface area contributed by atoms with Gasteiger partial charge in [-0.3, -0.25) is 0 Å². The maximum Gasteiger partial charge on any atom is 3.00 e. The zero-order valence-electron chi connectivity index (χ0n) is 19.7. The summed E-state index contributed by atoms with van der Waals surface area (Å²) < 4.78 is 9.98. The summed E-state index contributed by atoms with van der Waals surface area (Å²) in [7, 11) is 2.76. The van der Waals surface area contributed by atoms with Crippen molar-refractivity contribution in [2.24, 2.45) is 0 Å². The van der Waals surface area contributed by atoms with Crippen molar-refractivity contribution in [3.8, 4) is 0 Å². The van der Waals surface area contributed by atoms with Crippen LogP contribution in [0.3, 0.4) is 0 Å². The molecule has 0 unspecified atom stereocenters. The minimum absolute atomic E-state index is 0. The Hall–Kier alpha value is -0.337. The number of hydrogen-bond donors (Lipinski definition) is 3. The summed E-state index contributed by atoms with van der Waals surface area (Å²) in [6.07, 6.45) is 3.50. The fraction of sp³-hybridized carbons (Fsp3) is 0.800. The van der Waals surface area contributed by atoms with E-state index in [2.05, 4.69) is 25.4 Å². The molecule has 3 saturated heterocycles. The van der Waals surface area contributed by atoms with Crippen molar-refractivity contribution in [3.63, 3.8) is 0 Å². The molecule has 34 heavy (non-hydrogen) atoms. The van der Waals surface area contributed by atoms with Gasteiger partial charge in [-0.25, -0.2) is 9.59 Å². The average molecular weight is 639 g/mol. The van der Waals surface area contributed by atoms with Crippen LogP contribution in [0.5, 0.6) is 0 Å². The third kappa shape index (κ3) is 12.6. The number of nitrogens with one attached hydrogen (secondary N) is 3. The molecular formula is C20H35N5O4RuS4+. The van der Waals surface area contributed by atoms with Crippen LogP contribution in [0.1, 0.15) is 25.7 Å². The molecule has 0 aromatic heterocycles. The van der Waals surface area contributed by atoms with Gasteiger partial charge in [-0.1, -0.05) is 8.64 Å². The van der Waals surface area contributed by atoms with E-state index in [4.69, 9.17) is 49.7 Å². The van der Waals surface area contributed by atoms with Crippen LogP contribution in [0.25, 0.3) is 0 Å². The van der Waals surface area contributed by atoms with E-state index in [1.807, 2.05) is 0 Å². The summed E-state index contributed by atoms with van der Waals surface area (Å²) in [4.78, 5) is 25.8. The van der Waals surface area contributed by atoms with Crippen molar-refractivity contribution in [1.29, 1.82) is 0 Å². The predicted octanol–water partition coefficient (Wildman–Crippen LogP) is -0.322. The van der Waals surface area contributed by atoms with Crippen LogP contribution in [-0.2, 0) is 63.8 Å². The molecular weight excluding hydrogens is 604 g/mol. The minimum atomic E-state index is -0.236. The standard InChI is InChI=1S/2C7H11NO2S2.C6H15N3.Ru/c2*1-10-6(9)5-3-2-4-8(5)7(11)12;1-2-8-5-6-9-4-3-7-1;/h2*5H,2-4H2,1H3,(H,11,12);7-9H,1-6H2;/q;;;+3/p-2/t2*5-;;/m10../s1. The molecule has 0 aromatic carbocycles. The second-order valence-electron chi connectivity index (χ2n) is 7.53. The first kappa shape index (κ1) is 33.7. The Bertz CT molecular complexity index is 578. The van der Waals surface area contributed by atoms with Crippen LogP contribution in [0.4, 0.5) is 0 Å². The molecule has 3 aliphatic rings. The maximum absolute atomic E-state index is 11.2. The van der Waals surface area contributed by atoms with Gasteiger partial charge in [0, 0.05) is 52.4 Å². The first-order chi connectivity index (χ1) is 15.8. The SMILES string of the molecule is C1CNCCNCCN1.COC(=O)[C@@H]1CCCN1C(=S)[S-].COC(=O)[C@H]1CCCN1C(=S)[S-].[Ru+3]. The van der Waals surface area contributed by atoms with Crippen molar-refractivity contribution in [1.82, 2.24) is 25.8 Å². The van der Waals surface area contributed by atoms with Crippen LogP contribution in [0.15, 0.2) is 0 Å². The number of carbonyl (C=O) groups is 2. The zero-order chi connectivity index (χ0) is 24.6. The van der Waals surface area contributed by atoms with Gasteiger partial charge in [0.1, 0.15) is 12.1 Å². The topological polar surface area (TPSA) is 95.2 Å². The molecule has 0 aromatic rings. The number of nitrogens with zero attached hydrogens (tertiary/aromatic N) is 2. The molecule has 9 nitrogen and oxygen atoms in total. The summed E-state index contributed by atoms with van der Waals surface area (Å²) >= 11 is 19.3. The Balaban J connectivity index is 0.000000479. The first-order valence-corrected chi connectivity index (χ1v) is 12.7. The predicted molar refractivity (Wildman–Crippen MR) is 142 cm³/mol. The molecule has 3 heterocycles. The smallest absolute Gasteiger partial charge is 0.467 e. The molecule has 3 fully saturated rings. The van der Waals surface area contributed by atoms with Gasteiger partial charge in [0.2, 0.25) is 0 Å². The molecule has 2 atom stereocenters. The average Bonchev–Trinajstić information content (AvgIpc) is 3.51. The summed E-state index contributed by atoms with van der Waals surface area (Å²) in [6.45, 7) is 8.15. The molecule has 0 amide bonds. The number of thiocarbonyl (C=S) groups is 2. The number of esters is 2. The molecule has 3 N–H and O–H groups in total. The van der Waals surface area contributed by atoms with Gasteiger partial charge in [-0.15, -0.1) is 0 Å². The third-order valence-corrected chi connectivity index (χ3v) is 6.29. The molecule has 0 bridgehead atoms. The van der Waals surface area contributed by atoms with Crippen molar-refractivity contribution >= 4 is 70.3 Å². The van der Waals surface area contributed by atoms with E-state index in [-0.39, 0.29) is 43.5 Å². The van der Waals surface area contributed by atoms with Crippen LogP contribution < -0.4 is 16.0 Å². The molecule has 14 heteroatoms. The molecule has 0 spiro atoms. The molecule has 195 valence electrons. The number of hydrogen-bond acceptors (Lipinski definition) is 11. The Kier molecular flexibility index (Phi) is 19.6. The summed E-state index contributed by atoms with van der Waals surface area (Å²) in [5, 5.41) is 9.91. The Morgan fingerprint density at radius 1 is 0.735 bits per heavy atom. The van der Waals surface area contributed by atoms with Gasteiger partial charge in [0.25, 0.3) is 0 Å². The van der Waals surface area contributed by atoms with Crippen molar-refractivity contribution in [2.75, 3.05) is 66.6 Å². The van der Waals surface area contributed by atoms with Crippen LogP contribution in [0.2, 0.25) is 0 Å². The second kappa shape index (κ2) is 19.8. The first-order valence-electron chi connectivity index (χ1n) is 11.1. The van der Waals surface area contributed by atoms with Crippen LogP contribution >= 0.6 is 24.4 Å². The molecule has 3 aliphatic heterocycles. The molecule has 1 radical (unpaired) electrons. The van der Waals surface area contributed by atoms with E-state index in [0.29, 0.717) is 8.64 Å². The van der Waals surface area contributed by atoms with Gasteiger partial charge in [-0.05, 0) is 25.7 Å². The van der Waals surface area contributed by atoms with Crippen molar-refractivity contribution < 1.29 is 38.5 Å². The van der Waals surface area contributed by atoms with Gasteiger partial charge >= 0.3 is 31.4 Å². The van der Waals surface area contributed by atoms with Gasteiger partial charge in [0.15, 0.2) is 0 Å². The summed E-state index contributed by atoms with van der Waals surface area (Å²) in [6, 6.07) is -0.472. The quantitative estimate of drug-likeness (QED) is 0.160. The number of ether oxygens (including phenoxy) is 2. The Morgan fingerprint density at radius 3 is 1.26 bits per heavy atom. The van der Waals surface area contributed by atoms with E-state index in [1.54, 1.807) is 9.80 Å². The Labute approximate surface area is 237 Å². The number of likely N-dealkylation sites (tertiary alicyclic amines) is 2. The fourth-order valence-corrected chi connectivity index (χ4v) is 4.51. The van der Waals surface area contributed by atoms with E-state index in [1.165, 1.54) is 14.2 Å². The van der Waals surface area contributed by atoms with Crippen molar-refractivity contribution in [3.05, 3.63) is 0 Å².